The van der Waals surface area contributed by atoms with Gasteiger partial charge in [-0.25, -0.2) is 4.99 Å². The van der Waals surface area contributed by atoms with Gasteiger partial charge in [-0.15, -0.1) is 0 Å². The molecule has 0 unspecified atom stereocenters. The Kier molecular flexibility index (Phi) is 14.3. The number of rotatable bonds is 2. The molecule has 0 saturated heterocycles. The molecule has 39 heavy (non-hydrogen) atoms. The molecule has 1 aliphatic heterocycles. The molecule has 232 valence electrons. The van der Waals surface area contributed by atoms with E-state index in [0.717, 1.165) is 5.69 Å². The molecular formula is C20H28F12N2O2RuSb2. The van der Waals surface area contributed by atoms with Crippen LogP contribution in [0.15, 0.2) is 47.6 Å². The summed E-state index contributed by atoms with van der Waals surface area (Å²) in [6.07, 6.45) is 1.75. The molecule has 1 aliphatic rings. The molecule has 1 atom stereocenters. The van der Waals surface area contributed by atoms with Crippen molar-refractivity contribution < 1.29 is 63.4 Å². The van der Waals surface area contributed by atoms with Crippen LogP contribution in [0.4, 0.5) is 33.8 Å². The number of benzene rings is 1. The average Bonchev–Trinajstić information content (AvgIpc) is 3.07. The van der Waals surface area contributed by atoms with E-state index in [9.17, 15) is 33.8 Å². The number of nitrogens with zero attached hydrogens (tertiary/aromatic N) is 2. The molecule has 0 saturated carbocycles. The average molecular weight is 901 g/mol. The number of pyridine rings is 1. The van der Waals surface area contributed by atoms with Crippen molar-refractivity contribution >= 4 is 44.8 Å². The maximum absolute atomic E-state index is 11.2. The van der Waals surface area contributed by atoms with E-state index in [1.54, 1.807) is 6.20 Å². The summed E-state index contributed by atoms with van der Waals surface area (Å²) in [7, 11) is 0. The molecule has 1 aromatic carbocycles. The predicted octanol–water partition coefficient (Wildman–Crippen LogP) is 7.95. The first-order valence-corrected chi connectivity index (χ1v) is 21.7. The first kappa shape index (κ1) is 42.7. The second-order valence-electron chi connectivity index (χ2n) is 8.35. The normalized spacial score (nSPS) is 18.0. The summed E-state index contributed by atoms with van der Waals surface area (Å²) in [6.45, 7) is 11.4. The number of halogens is 12. The van der Waals surface area contributed by atoms with Gasteiger partial charge in [0, 0.05) is 6.20 Å². The molecule has 2 heterocycles. The number of aryl methyl sites for hydroxylation is 3. The van der Waals surface area contributed by atoms with Gasteiger partial charge in [-0.05, 0) is 38.8 Å². The molecule has 3 rings (SSSR count). The fraction of sp³-hybridized carbons (Fsp3) is 0.400. The van der Waals surface area contributed by atoms with Crippen LogP contribution >= 0.6 is 0 Å². The summed E-state index contributed by atoms with van der Waals surface area (Å²) in [4.78, 5) is 8.69. The van der Waals surface area contributed by atoms with Crippen LogP contribution in [0, 0.1) is 26.7 Å². The Hall–Kier alpha value is -0.780. The van der Waals surface area contributed by atoms with Gasteiger partial charge in [0.25, 0.3) is 0 Å². The third-order valence-electron chi connectivity index (χ3n) is 3.69. The van der Waals surface area contributed by atoms with Crippen LogP contribution in [0.25, 0.3) is 0 Å². The third kappa shape index (κ3) is 35.2. The first-order valence-electron chi connectivity index (χ1n) is 10.2. The van der Waals surface area contributed by atoms with Gasteiger partial charge in [-0.1, -0.05) is 54.8 Å². The summed E-state index contributed by atoms with van der Waals surface area (Å²) in [5, 5.41) is 0. The van der Waals surface area contributed by atoms with Crippen LogP contribution in [-0.4, -0.2) is 68.0 Å². The summed E-state index contributed by atoms with van der Waals surface area (Å²) >= 11 is -22.5. The number of hydrogen-bond donors (Lipinski definition) is 0. The molecule has 19 heteroatoms. The zero-order valence-electron chi connectivity index (χ0n) is 21.0. The second-order valence-corrected chi connectivity index (χ2v) is 19.3. The minimum absolute atomic E-state index is 0. The van der Waals surface area contributed by atoms with Gasteiger partial charge in [0.05, 0.1) is 6.04 Å². The van der Waals surface area contributed by atoms with Crippen molar-refractivity contribution in [3.8, 4) is 0 Å². The molecule has 4 nitrogen and oxygen atoms in total. The number of hydrogen-bond acceptors (Lipinski definition) is 3. The molecule has 0 fully saturated rings. The van der Waals surface area contributed by atoms with E-state index in [1.807, 2.05) is 18.2 Å². The molecular weight excluding hydrogens is 873 g/mol. The van der Waals surface area contributed by atoms with Gasteiger partial charge in [0.2, 0.25) is 5.90 Å². The van der Waals surface area contributed by atoms with Gasteiger partial charge in [-0.2, -0.15) is 0 Å². The molecule has 0 aliphatic carbocycles. The fourth-order valence-corrected chi connectivity index (χ4v) is 2.56. The van der Waals surface area contributed by atoms with Crippen LogP contribution in [0.3, 0.4) is 0 Å². The molecule has 2 N–H and O–H groups in total. The van der Waals surface area contributed by atoms with E-state index < -0.39 is 39.0 Å². The molecule has 0 amide bonds. The maximum Gasteiger partial charge on any atom is 2.00 e. The topological polar surface area (TPSA) is 66.0 Å². The minimum Gasteiger partial charge on any atom is 2.00 e. The quantitative estimate of drug-likeness (QED) is 0.227. The van der Waals surface area contributed by atoms with Crippen LogP contribution in [0.5, 0.6) is 0 Å². The van der Waals surface area contributed by atoms with Crippen molar-refractivity contribution in [3.05, 3.63) is 65.0 Å². The molecule has 1 aromatic heterocycles. The largest absolute Gasteiger partial charge is 2.00 e. The number of aliphatic imine (C=N–C) groups is 1. The van der Waals surface area contributed by atoms with Crippen LogP contribution in [-0.2, 0) is 24.2 Å². The van der Waals surface area contributed by atoms with Crippen LogP contribution in [0.1, 0.15) is 36.2 Å². The van der Waals surface area contributed by atoms with Crippen molar-refractivity contribution in [2.75, 3.05) is 6.61 Å². The Morgan fingerprint density at radius 1 is 0.744 bits per heavy atom. The predicted molar refractivity (Wildman–Crippen MR) is 124 cm³/mol. The zero-order valence-corrected chi connectivity index (χ0v) is 27.8. The van der Waals surface area contributed by atoms with Crippen molar-refractivity contribution in [2.24, 2.45) is 10.9 Å². The van der Waals surface area contributed by atoms with Crippen molar-refractivity contribution in [1.82, 2.24) is 4.98 Å². The Balaban J connectivity index is -0.000000459. The van der Waals surface area contributed by atoms with Crippen molar-refractivity contribution in [2.45, 2.75) is 40.7 Å². The van der Waals surface area contributed by atoms with Gasteiger partial charge in [0.15, 0.2) is 0 Å². The standard InChI is InChI=1S/C11H14N2O.C9H12.12FH.H2O.Ru.2Sb/c1-8(2)10-7-14-11(13-10)9-5-3-4-6-12-9;1-7-4-8(2)6-9(3)5-7;;;;;;;;;;;;;;;;/h3-6,8,10H,7H2,1-2H3;4-6H,1-3H3;12*1H;1H2;;;/q;;;;;;;;;;;;;;;+2;2*+5/p-12/t10-;;;;;;;;;;;;;;;;;/m1................./s1. The zero-order chi connectivity index (χ0) is 29.6. The molecule has 2 aromatic rings. The van der Waals surface area contributed by atoms with E-state index in [1.165, 1.54) is 16.7 Å². The Morgan fingerprint density at radius 3 is 1.36 bits per heavy atom. The van der Waals surface area contributed by atoms with Gasteiger partial charge >= 0.3 is 92.2 Å². The first-order chi connectivity index (χ1) is 15.9. The third-order valence-corrected chi connectivity index (χ3v) is 3.69. The minimum atomic E-state index is -11.2. The summed E-state index contributed by atoms with van der Waals surface area (Å²) < 4.78 is 125. The van der Waals surface area contributed by atoms with Crippen LogP contribution < -0.4 is 0 Å². The van der Waals surface area contributed by atoms with Crippen molar-refractivity contribution in [3.63, 3.8) is 0 Å². The van der Waals surface area contributed by atoms with E-state index in [-0.39, 0.29) is 31.0 Å². The van der Waals surface area contributed by atoms with Crippen molar-refractivity contribution in [1.29, 1.82) is 0 Å². The van der Waals surface area contributed by atoms with E-state index >= 15 is 0 Å². The van der Waals surface area contributed by atoms with E-state index in [2.05, 4.69) is 62.8 Å². The van der Waals surface area contributed by atoms with Gasteiger partial charge in [-0.3, -0.25) is 4.98 Å². The monoisotopic (exact) mass is 900 g/mol. The van der Waals surface area contributed by atoms with E-state index in [0.29, 0.717) is 18.4 Å². The summed E-state index contributed by atoms with van der Waals surface area (Å²) in [5.74, 6) is 1.21. The van der Waals surface area contributed by atoms with E-state index in [4.69, 9.17) is 4.74 Å². The Morgan fingerprint density at radius 2 is 1.10 bits per heavy atom. The fourth-order valence-electron chi connectivity index (χ4n) is 2.56. The SMILES string of the molecule is CC(C)[C@H]1COC(c2ccccn2)=N1.Cc1cc(C)cc(C)c1.O.[F][Sb-]([F])([F])([F])([F])[F].[F][Sb-]([F])([F])([F])([F])[F].[Ru+2]. The summed E-state index contributed by atoms with van der Waals surface area (Å²) in [6, 6.07) is 12.6. The maximum atomic E-state index is 9.93. The number of aromatic nitrogens is 1. The molecule has 0 radical (unpaired) electrons. The molecule has 0 spiro atoms. The summed E-state index contributed by atoms with van der Waals surface area (Å²) in [5.41, 5.74) is 4.89. The van der Waals surface area contributed by atoms with Gasteiger partial charge in [0.1, 0.15) is 12.3 Å². The smallest absolute Gasteiger partial charge is 2.00 e. The number of ether oxygens (including phenoxy) is 1. The second kappa shape index (κ2) is 13.0. The molecule has 0 bridgehead atoms. The van der Waals surface area contributed by atoms with Crippen LogP contribution in [0.2, 0.25) is 0 Å². The Labute approximate surface area is 235 Å². The van der Waals surface area contributed by atoms with Gasteiger partial charge < -0.3 is 10.2 Å². The Bertz CT molecular complexity index is 979.